The summed E-state index contributed by atoms with van der Waals surface area (Å²) < 4.78 is 0. The molecule has 1 aliphatic heterocycles. The van der Waals surface area contributed by atoms with Gasteiger partial charge in [0.1, 0.15) is 0 Å². The van der Waals surface area contributed by atoms with Gasteiger partial charge in [0, 0.05) is 58.8 Å². The Morgan fingerprint density at radius 1 is 1.09 bits per heavy atom. The first-order valence-corrected chi connectivity index (χ1v) is 7.73. The molecule has 1 heterocycles. The van der Waals surface area contributed by atoms with Crippen molar-refractivity contribution in [3.8, 4) is 0 Å². The number of amides is 1. The molecule has 0 bridgehead atoms. The van der Waals surface area contributed by atoms with E-state index in [-0.39, 0.29) is 18.3 Å². The smallest absolute Gasteiger partial charge is 0.221 e. The first-order valence-electron chi connectivity index (χ1n) is 7.73. The fourth-order valence-electron chi connectivity index (χ4n) is 2.59. The van der Waals surface area contributed by atoms with E-state index < -0.39 is 0 Å². The Morgan fingerprint density at radius 2 is 1.73 bits per heavy atom. The molecule has 124 valence electrons. The molecule has 1 aromatic rings. The molecule has 2 rings (SSSR count). The normalized spacial score (nSPS) is 16.0. The van der Waals surface area contributed by atoms with E-state index in [4.69, 9.17) is 5.73 Å². The van der Waals surface area contributed by atoms with E-state index >= 15 is 0 Å². The first kappa shape index (κ1) is 18.9. The van der Waals surface area contributed by atoms with Crippen LogP contribution in [0.2, 0.25) is 0 Å². The fourth-order valence-corrected chi connectivity index (χ4v) is 2.59. The zero-order valence-electron chi connectivity index (χ0n) is 13.0. The van der Waals surface area contributed by atoms with Gasteiger partial charge in [-0.2, -0.15) is 0 Å². The van der Waals surface area contributed by atoms with Crippen molar-refractivity contribution in [2.75, 3.05) is 45.8 Å². The molecule has 3 N–H and O–H groups in total. The van der Waals surface area contributed by atoms with Crippen LogP contribution in [0, 0.1) is 0 Å². The zero-order valence-corrected chi connectivity index (χ0v) is 13.9. The van der Waals surface area contributed by atoms with E-state index in [0.717, 1.165) is 45.8 Å². The topological polar surface area (TPSA) is 61.6 Å². The summed E-state index contributed by atoms with van der Waals surface area (Å²) in [7, 11) is 0. The molecule has 6 heteroatoms. The number of nitrogens with two attached hydrogens (primary N) is 1. The van der Waals surface area contributed by atoms with Crippen LogP contribution in [-0.4, -0.2) is 61.5 Å². The number of hydrogen-bond donors (Lipinski definition) is 2. The molecular formula is C16H27ClN4O. The lowest BCUT2D eigenvalue weighted by Crippen LogP contribution is -2.48. The minimum Gasteiger partial charge on any atom is -0.355 e. The number of carbonyl (C=O) groups excluding carboxylic acids is 1. The van der Waals surface area contributed by atoms with Gasteiger partial charge in [-0.1, -0.05) is 30.3 Å². The molecule has 0 aromatic heterocycles. The van der Waals surface area contributed by atoms with Crippen molar-refractivity contribution in [3.05, 3.63) is 35.9 Å². The van der Waals surface area contributed by atoms with Crippen LogP contribution in [0.4, 0.5) is 0 Å². The third kappa shape index (κ3) is 6.75. The highest BCUT2D eigenvalue weighted by Crippen LogP contribution is 2.07. The van der Waals surface area contributed by atoms with Crippen LogP contribution < -0.4 is 11.1 Å². The van der Waals surface area contributed by atoms with Crippen LogP contribution in [0.25, 0.3) is 0 Å². The highest BCUT2D eigenvalue weighted by Gasteiger charge is 2.16. The van der Waals surface area contributed by atoms with Crippen LogP contribution in [0.1, 0.15) is 12.0 Å². The Bertz CT molecular complexity index is 421. The summed E-state index contributed by atoms with van der Waals surface area (Å²) in [5.41, 5.74) is 6.72. The molecule has 5 nitrogen and oxygen atoms in total. The van der Waals surface area contributed by atoms with E-state index in [9.17, 15) is 4.79 Å². The summed E-state index contributed by atoms with van der Waals surface area (Å²) in [4.78, 5) is 16.2. The molecule has 0 radical (unpaired) electrons. The molecule has 0 atom stereocenters. The van der Waals surface area contributed by atoms with Crippen LogP contribution in [-0.2, 0) is 11.3 Å². The van der Waals surface area contributed by atoms with Gasteiger partial charge in [0.15, 0.2) is 0 Å². The van der Waals surface area contributed by atoms with Gasteiger partial charge in [0.25, 0.3) is 0 Å². The number of nitrogens with one attached hydrogen (secondary N) is 1. The molecule has 1 aromatic carbocycles. The van der Waals surface area contributed by atoms with Crippen molar-refractivity contribution in [2.45, 2.75) is 13.0 Å². The van der Waals surface area contributed by atoms with Crippen molar-refractivity contribution in [2.24, 2.45) is 5.73 Å². The van der Waals surface area contributed by atoms with E-state index in [2.05, 4.69) is 45.4 Å². The Labute approximate surface area is 139 Å². The van der Waals surface area contributed by atoms with Crippen molar-refractivity contribution >= 4 is 18.3 Å². The van der Waals surface area contributed by atoms with Gasteiger partial charge in [-0.05, 0) is 5.56 Å². The van der Waals surface area contributed by atoms with Crippen LogP contribution in [0.5, 0.6) is 0 Å². The Kier molecular flexibility index (Phi) is 9.08. The predicted octanol–water partition coefficient (Wildman–Crippen LogP) is 0.691. The van der Waals surface area contributed by atoms with Gasteiger partial charge in [-0.15, -0.1) is 12.4 Å². The molecule has 1 amide bonds. The van der Waals surface area contributed by atoms with Gasteiger partial charge in [0.05, 0.1) is 0 Å². The standard InChI is InChI=1S/C16H26N4O.ClH/c17-7-6-16(21)18-8-9-19-10-12-20(13-11-19)14-15-4-2-1-3-5-15;/h1-5H,6-14,17H2,(H,18,21);1H. The van der Waals surface area contributed by atoms with E-state index in [1.54, 1.807) is 0 Å². The summed E-state index contributed by atoms with van der Waals surface area (Å²) in [6.45, 7) is 7.41. The van der Waals surface area contributed by atoms with Gasteiger partial charge >= 0.3 is 0 Å². The number of halogens is 1. The highest BCUT2D eigenvalue weighted by atomic mass is 35.5. The summed E-state index contributed by atoms with van der Waals surface area (Å²) in [6.07, 6.45) is 0.421. The second-order valence-electron chi connectivity index (χ2n) is 5.49. The molecule has 0 unspecified atom stereocenters. The third-order valence-electron chi connectivity index (χ3n) is 3.84. The minimum atomic E-state index is 0. The van der Waals surface area contributed by atoms with Gasteiger partial charge in [-0.25, -0.2) is 0 Å². The number of rotatable bonds is 7. The average Bonchev–Trinajstić information content (AvgIpc) is 2.50. The second kappa shape index (κ2) is 10.6. The maximum atomic E-state index is 11.3. The minimum absolute atomic E-state index is 0. The Balaban J connectivity index is 0.00000242. The number of piperazine rings is 1. The monoisotopic (exact) mass is 326 g/mol. The molecular weight excluding hydrogens is 300 g/mol. The number of nitrogens with zero attached hydrogens (tertiary/aromatic N) is 2. The largest absolute Gasteiger partial charge is 0.355 e. The Hall–Kier alpha value is -1.14. The SMILES string of the molecule is Cl.NCCC(=O)NCCN1CCN(Cc2ccccc2)CC1. The van der Waals surface area contributed by atoms with Crippen LogP contribution in [0.3, 0.4) is 0 Å². The van der Waals surface area contributed by atoms with E-state index in [1.165, 1.54) is 5.56 Å². The second-order valence-corrected chi connectivity index (χ2v) is 5.49. The molecule has 1 saturated heterocycles. The van der Waals surface area contributed by atoms with Gasteiger partial charge in [-0.3, -0.25) is 14.6 Å². The highest BCUT2D eigenvalue weighted by molar-refractivity contribution is 5.85. The molecule has 22 heavy (non-hydrogen) atoms. The predicted molar refractivity (Wildman–Crippen MR) is 92.1 cm³/mol. The van der Waals surface area contributed by atoms with Crippen LogP contribution in [0.15, 0.2) is 30.3 Å². The summed E-state index contributed by atoms with van der Waals surface area (Å²) in [5, 5.41) is 2.91. The molecule has 0 saturated carbocycles. The maximum absolute atomic E-state index is 11.3. The fraction of sp³-hybridized carbons (Fsp3) is 0.562. The lowest BCUT2D eigenvalue weighted by Gasteiger charge is -2.34. The van der Waals surface area contributed by atoms with Crippen LogP contribution >= 0.6 is 12.4 Å². The lowest BCUT2D eigenvalue weighted by molar-refractivity contribution is -0.120. The third-order valence-corrected chi connectivity index (χ3v) is 3.84. The summed E-state index contributed by atoms with van der Waals surface area (Å²) >= 11 is 0. The maximum Gasteiger partial charge on any atom is 0.221 e. The quantitative estimate of drug-likeness (QED) is 0.774. The van der Waals surface area contributed by atoms with Crippen molar-refractivity contribution in [1.29, 1.82) is 0 Å². The molecule has 0 spiro atoms. The van der Waals surface area contributed by atoms with Gasteiger partial charge in [0.2, 0.25) is 5.91 Å². The van der Waals surface area contributed by atoms with E-state index in [0.29, 0.717) is 13.0 Å². The zero-order chi connectivity index (χ0) is 14.9. The van der Waals surface area contributed by atoms with Crippen molar-refractivity contribution in [1.82, 2.24) is 15.1 Å². The lowest BCUT2D eigenvalue weighted by atomic mass is 10.2. The van der Waals surface area contributed by atoms with E-state index in [1.807, 2.05) is 0 Å². The Morgan fingerprint density at radius 3 is 2.36 bits per heavy atom. The number of carbonyl (C=O) groups is 1. The van der Waals surface area contributed by atoms with Crippen molar-refractivity contribution in [3.63, 3.8) is 0 Å². The number of benzene rings is 1. The number of hydrogen-bond acceptors (Lipinski definition) is 4. The van der Waals surface area contributed by atoms with Crippen molar-refractivity contribution < 1.29 is 4.79 Å². The first-order chi connectivity index (χ1) is 10.3. The average molecular weight is 327 g/mol. The summed E-state index contributed by atoms with van der Waals surface area (Å²) in [5.74, 6) is 0.0558. The molecule has 0 aliphatic carbocycles. The molecule has 1 fully saturated rings. The summed E-state index contributed by atoms with van der Waals surface area (Å²) in [6, 6.07) is 10.6. The van der Waals surface area contributed by atoms with Gasteiger partial charge < -0.3 is 11.1 Å². The molecule has 1 aliphatic rings.